The van der Waals surface area contributed by atoms with Crippen LogP contribution in [0.3, 0.4) is 0 Å². The number of para-hydroxylation sites is 2. The Hall–Kier alpha value is -2.76. The molecule has 6 heteroatoms. The van der Waals surface area contributed by atoms with Crippen molar-refractivity contribution in [3.05, 3.63) is 54.4 Å². The highest BCUT2D eigenvalue weighted by Gasteiger charge is 2.34. The lowest BCUT2D eigenvalue weighted by atomic mass is 9.96. The molecule has 4 rings (SSSR count). The molecule has 1 aliphatic heterocycles. The van der Waals surface area contributed by atoms with Crippen LogP contribution in [0.4, 0.5) is 0 Å². The minimum atomic E-state index is -0.0636. The Morgan fingerprint density at radius 2 is 2.10 bits per heavy atom. The Morgan fingerprint density at radius 3 is 2.86 bits per heavy atom. The molecule has 0 radical (unpaired) electrons. The van der Waals surface area contributed by atoms with Gasteiger partial charge >= 0.3 is 0 Å². The smallest absolute Gasteiger partial charge is 0.289 e. The molecule has 0 unspecified atom stereocenters. The van der Waals surface area contributed by atoms with Crippen LogP contribution in [0.15, 0.2) is 42.9 Å². The summed E-state index contributed by atoms with van der Waals surface area (Å²) in [4.78, 5) is 29.9. The lowest BCUT2D eigenvalue weighted by Gasteiger charge is -2.38. The monoisotopic (exact) mass is 279 g/mol. The summed E-state index contributed by atoms with van der Waals surface area (Å²) >= 11 is 0. The molecule has 21 heavy (non-hydrogen) atoms. The van der Waals surface area contributed by atoms with E-state index in [9.17, 15) is 4.79 Å². The molecule has 1 amide bonds. The zero-order valence-corrected chi connectivity index (χ0v) is 11.2. The molecule has 3 heterocycles. The first-order valence-electron chi connectivity index (χ1n) is 6.81. The minimum Gasteiger partial charge on any atom is -0.335 e. The third-order valence-electron chi connectivity index (χ3n) is 3.76. The van der Waals surface area contributed by atoms with Crippen LogP contribution in [0.5, 0.6) is 0 Å². The summed E-state index contributed by atoms with van der Waals surface area (Å²) in [7, 11) is 0. The van der Waals surface area contributed by atoms with Crippen molar-refractivity contribution >= 4 is 16.9 Å². The quantitative estimate of drug-likeness (QED) is 0.773. The first kappa shape index (κ1) is 12.0. The van der Waals surface area contributed by atoms with Gasteiger partial charge in [-0.15, -0.1) is 0 Å². The van der Waals surface area contributed by atoms with Crippen molar-refractivity contribution in [1.82, 2.24) is 24.8 Å². The molecule has 0 spiro atoms. The summed E-state index contributed by atoms with van der Waals surface area (Å²) in [6, 6.07) is 7.63. The standard InChI is InChI=1S/C15H13N5O/c21-15(14-18-11-3-1-2-4-12(11)19-14)20-8-10(9-20)13-7-16-5-6-17-13/h1-7,10H,8-9H2,(H,18,19). The van der Waals surface area contributed by atoms with Gasteiger partial charge < -0.3 is 9.88 Å². The summed E-state index contributed by atoms with van der Waals surface area (Å²) in [6.45, 7) is 1.32. The van der Waals surface area contributed by atoms with E-state index in [1.54, 1.807) is 23.5 Å². The van der Waals surface area contributed by atoms with Crippen molar-refractivity contribution in [3.8, 4) is 0 Å². The van der Waals surface area contributed by atoms with Gasteiger partial charge in [0.05, 0.1) is 16.7 Å². The second-order valence-electron chi connectivity index (χ2n) is 5.14. The number of aromatic amines is 1. The van der Waals surface area contributed by atoms with Crippen molar-refractivity contribution in [2.24, 2.45) is 0 Å². The van der Waals surface area contributed by atoms with E-state index in [0.717, 1.165) is 16.7 Å². The van der Waals surface area contributed by atoms with Gasteiger partial charge in [0, 0.05) is 37.6 Å². The average Bonchev–Trinajstić information content (AvgIpc) is 2.90. The zero-order valence-electron chi connectivity index (χ0n) is 11.2. The second kappa shape index (κ2) is 4.66. The number of amides is 1. The van der Waals surface area contributed by atoms with Gasteiger partial charge in [0.2, 0.25) is 0 Å². The Morgan fingerprint density at radius 1 is 1.24 bits per heavy atom. The van der Waals surface area contributed by atoms with Gasteiger partial charge in [-0.05, 0) is 12.1 Å². The van der Waals surface area contributed by atoms with E-state index in [0.29, 0.717) is 18.9 Å². The number of H-pyrrole nitrogens is 1. The first-order chi connectivity index (χ1) is 10.3. The molecule has 0 aliphatic carbocycles. The molecule has 6 nitrogen and oxygen atoms in total. The zero-order chi connectivity index (χ0) is 14.2. The Bertz CT molecular complexity index is 759. The van der Waals surface area contributed by atoms with Gasteiger partial charge in [-0.2, -0.15) is 0 Å². The molecular weight excluding hydrogens is 266 g/mol. The number of nitrogens with zero attached hydrogens (tertiary/aromatic N) is 4. The fourth-order valence-electron chi connectivity index (χ4n) is 2.56. The molecule has 2 aromatic heterocycles. The Kier molecular flexibility index (Phi) is 2.67. The van der Waals surface area contributed by atoms with Gasteiger partial charge in [0.25, 0.3) is 5.91 Å². The van der Waals surface area contributed by atoms with Gasteiger partial charge in [-0.3, -0.25) is 14.8 Å². The Balaban J connectivity index is 1.50. The van der Waals surface area contributed by atoms with Gasteiger partial charge in [0.1, 0.15) is 0 Å². The summed E-state index contributed by atoms with van der Waals surface area (Å²) < 4.78 is 0. The van der Waals surface area contributed by atoms with Crippen LogP contribution in [-0.4, -0.2) is 43.8 Å². The molecule has 1 aliphatic rings. The molecular formula is C15H13N5O. The van der Waals surface area contributed by atoms with E-state index >= 15 is 0 Å². The van der Waals surface area contributed by atoms with Crippen molar-refractivity contribution in [2.75, 3.05) is 13.1 Å². The van der Waals surface area contributed by atoms with Crippen molar-refractivity contribution in [3.63, 3.8) is 0 Å². The van der Waals surface area contributed by atoms with Crippen molar-refractivity contribution < 1.29 is 4.79 Å². The number of aromatic nitrogens is 4. The highest BCUT2D eigenvalue weighted by atomic mass is 16.2. The number of likely N-dealkylation sites (tertiary alicyclic amines) is 1. The number of hydrogen-bond acceptors (Lipinski definition) is 4. The van der Waals surface area contributed by atoms with E-state index in [2.05, 4.69) is 19.9 Å². The number of hydrogen-bond donors (Lipinski definition) is 1. The SMILES string of the molecule is O=C(c1nc2ccccc2[nH]1)N1CC(c2cnccn2)C1. The van der Waals surface area contributed by atoms with Crippen LogP contribution in [-0.2, 0) is 0 Å². The molecule has 3 aromatic rings. The maximum atomic E-state index is 12.4. The molecule has 1 fully saturated rings. The van der Waals surface area contributed by atoms with E-state index in [1.165, 1.54) is 0 Å². The number of rotatable bonds is 2. The molecule has 1 aromatic carbocycles. The fourth-order valence-corrected chi connectivity index (χ4v) is 2.56. The molecule has 104 valence electrons. The predicted molar refractivity (Wildman–Crippen MR) is 76.8 cm³/mol. The third kappa shape index (κ3) is 2.05. The average molecular weight is 279 g/mol. The number of carbonyl (C=O) groups is 1. The minimum absolute atomic E-state index is 0.0636. The van der Waals surface area contributed by atoms with Gasteiger partial charge in [0.15, 0.2) is 5.82 Å². The number of imidazole rings is 1. The summed E-state index contributed by atoms with van der Waals surface area (Å²) in [5.74, 6) is 0.604. The Labute approximate surface area is 120 Å². The lowest BCUT2D eigenvalue weighted by Crippen LogP contribution is -2.49. The van der Waals surface area contributed by atoms with Crippen molar-refractivity contribution in [2.45, 2.75) is 5.92 Å². The van der Waals surface area contributed by atoms with E-state index in [-0.39, 0.29) is 11.8 Å². The van der Waals surface area contributed by atoms with E-state index in [4.69, 9.17) is 0 Å². The molecule has 0 atom stereocenters. The summed E-state index contributed by atoms with van der Waals surface area (Å²) in [5.41, 5.74) is 2.63. The van der Waals surface area contributed by atoms with Crippen LogP contribution < -0.4 is 0 Å². The van der Waals surface area contributed by atoms with Gasteiger partial charge in [-0.1, -0.05) is 12.1 Å². The summed E-state index contributed by atoms with van der Waals surface area (Å²) in [5, 5.41) is 0. The second-order valence-corrected chi connectivity index (χ2v) is 5.14. The van der Waals surface area contributed by atoms with Crippen LogP contribution in [0, 0.1) is 0 Å². The van der Waals surface area contributed by atoms with Gasteiger partial charge in [-0.25, -0.2) is 4.98 Å². The highest BCUT2D eigenvalue weighted by molar-refractivity contribution is 5.94. The van der Waals surface area contributed by atoms with Crippen LogP contribution in [0.1, 0.15) is 22.2 Å². The van der Waals surface area contributed by atoms with Crippen LogP contribution in [0.25, 0.3) is 11.0 Å². The maximum absolute atomic E-state index is 12.4. The molecule has 0 bridgehead atoms. The van der Waals surface area contributed by atoms with E-state index < -0.39 is 0 Å². The van der Waals surface area contributed by atoms with Crippen LogP contribution in [0.2, 0.25) is 0 Å². The van der Waals surface area contributed by atoms with Crippen LogP contribution >= 0.6 is 0 Å². The third-order valence-corrected chi connectivity index (χ3v) is 3.76. The predicted octanol–water partition coefficient (Wildman–Crippen LogP) is 1.59. The topological polar surface area (TPSA) is 74.8 Å². The maximum Gasteiger partial charge on any atom is 0.289 e. The number of carbonyl (C=O) groups excluding carboxylic acids is 1. The number of fused-ring (bicyclic) bond motifs is 1. The highest BCUT2D eigenvalue weighted by Crippen LogP contribution is 2.26. The van der Waals surface area contributed by atoms with E-state index in [1.807, 2.05) is 24.3 Å². The molecule has 1 N–H and O–H groups in total. The number of nitrogens with one attached hydrogen (secondary N) is 1. The molecule has 1 saturated heterocycles. The number of benzene rings is 1. The molecule has 0 saturated carbocycles. The summed E-state index contributed by atoms with van der Waals surface area (Å²) in [6.07, 6.45) is 5.09. The first-order valence-corrected chi connectivity index (χ1v) is 6.81. The van der Waals surface area contributed by atoms with Crippen molar-refractivity contribution in [1.29, 1.82) is 0 Å². The lowest BCUT2D eigenvalue weighted by molar-refractivity contribution is 0.0587. The fraction of sp³-hybridized carbons (Fsp3) is 0.200. The largest absolute Gasteiger partial charge is 0.335 e. The normalized spacial score (nSPS) is 15.1.